The lowest BCUT2D eigenvalue weighted by atomic mass is 9.94. The maximum atomic E-state index is 12.6. The van der Waals surface area contributed by atoms with Gasteiger partial charge >= 0.3 is 5.97 Å². The molecule has 2 unspecified atom stereocenters. The lowest BCUT2D eigenvalue weighted by molar-refractivity contribution is -0.141. The molecule has 0 spiro atoms. The lowest BCUT2D eigenvalue weighted by Crippen LogP contribution is -2.37. The Labute approximate surface area is 141 Å². The summed E-state index contributed by atoms with van der Waals surface area (Å²) in [5.74, 6) is -0.402. The minimum atomic E-state index is -0.255. The number of ether oxygens (including phenoxy) is 1. The van der Waals surface area contributed by atoms with Crippen LogP contribution in [-0.2, 0) is 14.3 Å². The summed E-state index contributed by atoms with van der Waals surface area (Å²) in [7, 11) is 3.13. The number of benzene rings is 1. The molecule has 1 amide bonds. The Balaban J connectivity index is 1.94. The van der Waals surface area contributed by atoms with E-state index in [-0.39, 0.29) is 23.8 Å². The van der Waals surface area contributed by atoms with Gasteiger partial charge in [0.15, 0.2) is 0 Å². The maximum Gasteiger partial charge on any atom is 0.305 e. The zero-order valence-corrected chi connectivity index (χ0v) is 14.1. The van der Waals surface area contributed by atoms with E-state index in [0.29, 0.717) is 31.0 Å². The molecule has 126 valence electrons. The fraction of sp³-hybridized carbons (Fsp3) is 0.500. The molecule has 0 aromatic heterocycles. The van der Waals surface area contributed by atoms with Crippen molar-refractivity contribution in [3.05, 3.63) is 34.9 Å². The molecule has 6 nitrogen and oxygen atoms in total. The van der Waals surface area contributed by atoms with Crippen molar-refractivity contribution in [3.63, 3.8) is 0 Å². The first-order valence-electron chi connectivity index (χ1n) is 7.58. The summed E-state index contributed by atoms with van der Waals surface area (Å²) < 4.78 is 4.60. The van der Waals surface area contributed by atoms with Crippen LogP contribution in [0, 0.1) is 5.92 Å². The highest BCUT2D eigenvalue weighted by molar-refractivity contribution is 6.30. The van der Waals surface area contributed by atoms with Crippen molar-refractivity contribution < 1.29 is 14.3 Å². The first-order valence-corrected chi connectivity index (χ1v) is 7.96. The molecule has 0 bridgehead atoms. The maximum absolute atomic E-state index is 12.6. The van der Waals surface area contributed by atoms with Crippen molar-refractivity contribution in [1.29, 1.82) is 0 Å². The van der Waals surface area contributed by atoms with Crippen LogP contribution in [0.3, 0.4) is 0 Å². The third-order valence-electron chi connectivity index (χ3n) is 4.01. The first kappa shape index (κ1) is 17.7. The molecule has 1 fully saturated rings. The van der Waals surface area contributed by atoms with E-state index in [1.165, 1.54) is 7.11 Å². The molecule has 1 saturated heterocycles. The summed E-state index contributed by atoms with van der Waals surface area (Å²) >= 11 is 5.91. The van der Waals surface area contributed by atoms with Gasteiger partial charge in [0, 0.05) is 31.6 Å². The number of methoxy groups -OCH3 is 1. The zero-order valence-electron chi connectivity index (χ0n) is 13.3. The monoisotopic (exact) mass is 339 g/mol. The molecule has 1 aliphatic heterocycles. The standard InChI is InChI=1S/C16H22ClN3O3/c1-20(9-3-4-14(21)23-2)16(22)13-10-18-19-15(13)11-5-7-12(17)8-6-11/h5-8,13,15,18-19H,3-4,9-10H2,1-2H3. The fourth-order valence-corrected chi connectivity index (χ4v) is 2.79. The highest BCUT2D eigenvalue weighted by atomic mass is 35.5. The zero-order chi connectivity index (χ0) is 16.8. The number of amides is 1. The van der Waals surface area contributed by atoms with Gasteiger partial charge in [0.1, 0.15) is 0 Å². The Morgan fingerprint density at radius 1 is 1.35 bits per heavy atom. The van der Waals surface area contributed by atoms with Gasteiger partial charge in [-0.25, -0.2) is 5.43 Å². The van der Waals surface area contributed by atoms with E-state index in [1.807, 2.05) is 24.3 Å². The molecule has 1 aromatic rings. The molecule has 1 aromatic carbocycles. The van der Waals surface area contributed by atoms with E-state index in [4.69, 9.17) is 11.6 Å². The van der Waals surface area contributed by atoms with Crippen molar-refractivity contribution >= 4 is 23.5 Å². The van der Waals surface area contributed by atoms with Gasteiger partial charge in [-0.2, -0.15) is 0 Å². The number of carbonyl (C=O) groups excluding carboxylic acids is 2. The average molecular weight is 340 g/mol. The fourth-order valence-electron chi connectivity index (χ4n) is 2.67. The second kappa shape index (κ2) is 8.29. The quantitative estimate of drug-likeness (QED) is 0.769. The first-order chi connectivity index (χ1) is 11.0. The summed E-state index contributed by atoms with van der Waals surface area (Å²) in [4.78, 5) is 25.4. The van der Waals surface area contributed by atoms with Crippen LogP contribution in [0.4, 0.5) is 0 Å². The van der Waals surface area contributed by atoms with Crippen LogP contribution in [-0.4, -0.2) is 44.0 Å². The largest absolute Gasteiger partial charge is 0.469 e. The molecule has 0 aliphatic carbocycles. The molecule has 7 heteroatoms. The van der Waals surface area contributed by atoms with E-state index < -0.39 is 0 Å². The Hall–Kier alpha value is -1.63. The molecule has 0 radical (unpaired) electrons. The minimum Gasteiger partial charge on any atom is -0.469 e. The van der Waals surface area contributed by atoms with Crippen LogP contribution in [0.5, 0.6) is 0 Å². The molecule has 2 N–H and O–H groups in total. The normalized spacial score (nSPS) is 20.3. The summed E-state index contributed by atoms with van der Waals surface area (Å²) in [5, 5.41) is 0.669. The number of hydrazine groups is 1. The molecule has 0 saturated carbocycles. The van der Waals surface area contributed by atoms with Gasteiger partial charge in [-0.3, -0.25) is 15.0 Å². The van der Waals surface area contributed by atoms with E-state index in [2.05, 4.69) is 15.6 Å². The average Bonchev–Trinajstić information content (AvgIpc) is 3.04. The molecule has 23 heavy (non-hydrogen) atoms. The van der Waals surface area contributed by atoms with Gasteiger partial charge < -0.3 is 9.64 Å². The lowest BCUT2D eigenvalue weighted by Gasteiger charge is -2.24. The number of esters is 1. The smallest absolute Gasteiger partial charge is 0.305 e. The summed E-state index contributed by atoms with van der Waals surface area (Å²) in [6.45, 7) is 1.09. The summed E-state index contributed by atoms with van der Waals surface area (Å²) in [6.07, 6.45) is 0.907. The Morgan fingerprint density at radius 2 is 2.04 bits per heavy atom. The van der Waals surface area contributed by atoms with Gasteiger partial charge in [-0.05, 0) is 24.1 Å². The van der Waals surface area contributed by atoms with Gasteiger partial charge in [0.05, 0.1) is 19.1 Å². The van der Waals surface area contributed by atoms with Crippen molar-refractivity contribution in [2.24, 2.45) is 5.92 Å². The predicted octanol–water partition coefficient (Wildman–Crippen LogP) is 1.52. The summed E-state index contributed by atoms with van der Waals surface area (Å²) in [6, 6.07) is 7.38. The van der Waals surface area contributed by atoms with Crippen LogP contribution in [0.25, 0.3) is 0 Å². The van der Waals surface area contributed by atoms with E-state index in [0.717, 1.165) is 5.56 Å². The van der Waals surface area contributed by atoms with E-state index >= 15 is 0 Å². The van der Waals surface area contributed by atoms with Crippen LogP contribution >= 0.6 is 11.6 Å². The Morgan fingerprint density at radius 3 is 2.70 bits per heavy atom. The second-order valence-corrected chi connectivity index (χ2v) is 6.04. The highest BCUT2D eigenvalue weighted by Crippen LogP contribution is 2.27. The SMILES string of the molecule is COC(=O)CCCN(C)C(=O)C1CNNC1c1ccc(Cl)cc1. The highest BCUT2D eigenvalue weighted by Gasteiger charge is 2.35. The number of halogens is 1. The summed E-state index contributed by atoms with van der Waals surface area (Å²) in [5.41, 5.74) is 7.21. The van der Waals surface area contributed by atoms with Gasteiger partial charge in [-0.1, -0.05) is 23.7 Å². The minimum absolute atomic E-state index is 0.0484. The molecular weight excluding hydrogens is 318 g/mol. The third kappa shape index (κ3) is 4.67. The molecule has 2 atom stereocenters. The molecule has 2 rings (SSSR count). The number of carbonyl (C=O) groups is 2. The Kier molecular flexibility index (Phi) is 6.38. The number of hydrogen-bond acceptors (Lipinski definition) is 5. The predicted molar refractivity (Wildman–Crippen MR) is 87.7 cm³/mol. The number of hydrogen-bond donors (Lipinski definition) is 2. The molecule has 1 aliphatic rings. The van der Waals surface area contributed by atoms with E-state index in [1.54, 1.807) is 11.9 Å². The van der Waals surface area contributed by atoms with Gasteiger partial charge in [-0.15, -0.1) is 0 Å². The van der Waals surface area contributed by atoms with Crippen molar-refractivity contribution in [3.8, 4) is 0 Å². The number of nitrogens with zero attached hydrogens (tertiary/aromatic N) is 1. The van der Waals surface area contributed by atoms with Crippen LogP contribution in [0.2, 0.25) is 5.02 Å². The Bertz CT molecular complexity index is 550. The molecule has 1 heterocycles. The van der Waals surface area contributed by atoms with E-state index in [9.17, 15) is 9.59 Å². The number of nitrogens with one attached hydrogen (secondary N) is 2. The van der Waals surface area contributed by atoms with Crippen molar-refractivity contribution in [2.45, 2.75) is 18.9 Å². The topological polar surface area (TPSA) is 70.7 Å². The van der Waals surface area contributed by atoms with Gasteiger partial charge in [0.2, 0.25) is 5.91 Å². The van der Waals surface area contributed by atoms with Crippen molar-refractivity contribution in [1.82, 2.24) is 15.8 Å². The van der Waals surface area contributed by atoms with Crippen LogP contribution in [0.15, 0.2) is 24.3 Å². The van der Waals surface area contributed by atoms with Crippen molar-refractivity contribution in [2.75, 3.05) is 27.2 Å². The van der Waals surface area contributed by atoms with Crippen LogP contribution in [0.1, 0.15) is 24.4 Å². The molecular formula is C16H22ClN3O3. The van der Waals surface area contributed by atoms with Gasteiger partial charge in [0.25, 0.3) is 0 Å². The third-order valence-corrected chi connectivity index (χ3v) is 4.26. The second-order valence-electron chi connectivity index (χ2n) is 5.60. The number of rotatable bonds is 6. The van der Waals surface area contributed by atoms with Crippen LogP contribution < -0.4 is 10.9 Å².